The van der Waals surface area contributed by atoms with Crippen LogP contribution in [0.5, 0.6) is 0 Å². The molecule has 0 aromatic carbocycles. The van der Waals surface area contributed by atoms with Gasteiger partial charge in [0.25, 0.3) is 0 Å². The van der Waals surface area contributed by atoms with Gasteiger partial charge in [0, 0.05) is 63.7 Å². The molecule has 192 valence electrons. The third kappa shape index (κ3) is 6.13. The molecule has 1 N–H and O–H groups in total. The molecule has 4 aliphatic heterocycles. The molecule has 0 spiro atoms. The van der Waals surface area contributed by atoms with E-state index in [-0.39, 0.29) is 35.7 Å². The van der Waals surface area contributed by atoms with E-state index in [4.69, 9.17) is 4.74 Å². The van der Waals surface area contributed by atoms with Crippen molar-refractivity contribution in [2.45, 2.75) is 90.6 Å². The van der Waals surface area contributed by atoms with Gasteiger partial charge >= 0.3 is 0 Å². The largest absolute Gasteiger partial charge is 0.381 e. The maximum Gasteiger partial charge on any atom is 0.225 e. The fraction of sp³-hybridized carbons (Fsp3) is 0.889. The molecule has 4 heterocycles. The zero-order valence-electron chi connectivity index (χ0n) is 21.5. The van der Waals surface area contributed by atoms with Crippen LogP contribution in [0.15, 0.2) is 0 Å². The van der Waals surface area contributed by atoms with Crippen LogP contribution in [0.1, 0.15) is 78.6 Å². The third-order valence-corrected chi connectivity index (χ3v) is 8.72. The van der Waals surface area contributed by atoms with Gasteiger partial charge in [0.2, 0.25) is 17.7 Å². The number of piperidine rings is 2. The van der Waals surface area contributed by atoms with Crippen LogP contribution < -0.4 is 5.32 Å². The Labute approximate surface area is 205 Å². The van der Waals surface area contributed by atoms with Crippen molar-refractivity contribution in [1.82, 2.24) is 15.1 Å². The monoisotopic (exact) mass is 475 g/mol. The Hall–Kier alpha value is -1.63. The fourth-order valence-corrected chi connectivity index (χ4v) is 6.69. The summed E-state index contributed by atoms with van der Waals surface area (Å²) in [6.07, 6.45) is 7.34. The van der Waals surface area contributed by atoms with E-state index >= 15 is 0 Å². The maximum absolute atomic E-state index is 13.5. The van der Waals surface area contributed by atoms with Crippen molar-refractivity contribution in [3.63, 3.8) is 0 Å². The molecule has 4 fully saturated rings. The molecule has 5 atom stereocenters. The molecule has 7 nitrogen and oxygen atoms in total. The summed E-state index contributed by atoms with van der Waals surface area (Å²) in [5.74, 6) is 2.16. The summed E-state index contributed by atoms with van der Waals surface area (Å²) in [6.45, 7) is 10.1. The number of ether oxygens (including phenoxy) is 1. The lowest BCUT2D eigenvalue weighted by Gasteiger charge is -2.51. The third-order valence-electron chi connectivity index (χ3n) is 8.72. The van der Waals surface area contributed by atoms with Gasteiger partial charge in [-0.25, -0.2) is 0 Å². The van der Waals surface area contributed by atoms with Crippen LogP contribution in [0, 0.1) is 29.6 Å². The first-order valence-corrected chi connectivity index (χ1v) is 13.8. The molecule has 4 aliphatic rings. The topological polar surface area (TPSA) is 79.0 Å². The highest BCUT2D eigenvalue weighted by atomic mass is 16.5. The molecule has 0 radical (unpaired) electrons. The van der Waals surface area contributed by atoms with Crippen molar-refractivity contribution in [3.05, 3.63) is 0 Å². The number of rotatable bonds is 2. The molecule has 3 amide bonds. The lowest BCUT2D eigenvalue weighted by molar-refractivity contribution is -0.149. The molecule has 2 bridgehead atoms. The maximum atomic E-state index is 13.5. The van der Waals surface area contributed by atoms with Gasteiger partial charge in [0.05, 0.1) is 0 Å². The van der Waals surface area contributed by atoms with Crippen LogP contribution in [-0.4, -0.2) is 72.5 Å². The minimum absolute atomic E-state index is 0.0869. The van der Waals surface area contributed by atoms with Gasteiger partial charge in [0.1, 0.15) is 0 Å². The molecule has 4 saturated heterocycles. The number of fused-ring (bicyclic) bond motifs is 4. The minimum Gasteiger partial charge on any atom is -0.381 e. The lowest BCUT2D eigenvalue weighted by Crippen LogP contribution is -2.60. The molecule has 0 saturated carbocycles. The summed E-state index contributed by atoms with van der Waals surface area (Å²) in [7, 11) is 0. The molecule has 4 rings (SSSR count). The van der Waals surface area contributed by atoms with Crippen LogP contribution in [0.4, 0.5) is 0 Å². The molecular weight excluding hydrogens is 430 g/mol. The second-order valence-electron chi connectivity index (χ2n) is 11.8. The normalized spacial score (nSPS) is 34.5. The van der Waals surface area contributed by atoms with E-state index < -0.39 is 0 Å². The van der Waals surface area contributed by atoms with Crippen LogP contribution in [0.2, 0.25) is 0 Å². The van der Waals surface area contributed by atoms with E-state index in [9.17, 15) is 14.4 Å². The van der Waals surface area contributed by atoms with Gasteiger partial charge < -0.3 is 19.9 Å². The van der Waals surface area contributed by atoms with Crippen LogP contribution in [0.25, 0.3) is 0 Å². The van der Waals surface area contributed by atoms with Gasteiger partial charge in [0.15, 0.2) is 0 Å². The summed E-state index contributed by atoms with van der Waals surface area (Å²) in [6, 6.07) is 0.313. The summed E-state index contributed by atoms with van der Waals surface area (Å²) >= 11 is 0. The first kappa shape index (κ1) is 25.5. The summed E-state index contributed by atoms with van der Waals surface area (Å²) in [5, 5.41) is 3.26. The zero-order chi connectivity index (χ0) is 24.2. The number of hydrogen-bond donors (Lipinski definition) is 1. The molecule has 34 heavy (non-hydrogen) atoms. The Kier molecular flexibility index (Phi) is 8.54. The van der Waals surface area contributed by atoms with Gasteiger partial charge in [-0.15, -0.1) is 0 Å². The number of nitrogens with one attached hydrogen (secondary N) is 1. The highest BCUT2D eigenvalue weighted by Crippen LogP contribution is 2.37. The molecule has 0 aliphatic carbocycles. The molecule has 7 heteroatoms. The smallest absolute Gasteiger partial charge is 0.225 e. The van der Waals surface area contributed by atoms with Crippen molar-refractivity contribution < 1.29 is 19.1 Å². The van der Waals surface area contributed by atoms with Crippen molar-refractivity contribution in [2.24, 2.45) is 29.6 Å². The average molecular weight is 476 g/mol. The van der Waals surface area contributed by atoms with Crippen molar-refractivity contribution in [3.8, 4) is 0 Å². The second-order valence-corrected chi connectivity index (χ2v) is 11.8. The molecule has 0 aromatic rings. The van der Waals surface area contributed by atoms with Crippen LogP contribution in [0.3, 0.4) is 0 Å². The van der Waals surface area contributed by atoms with Gasteiger partial charge in [-0.3, -0.25) is 14.4 Å². The van der Waals surface area contributed by atoms with Crippen molar-refractivity contribution in [1.29, 1.82) is 0 Å². The van der Waals surface area contributed by atoms with Gasteiger partial charge in [-0.1, -0.05) is 20.8 Å². The first-order valence-electron chi connectivity index (χ1n) is 13.8. The number of carbonyl (C=O) groups is 3. The summed E-state index contributed by atoms with van der Waals surface area (Å²) < 4.78 is 5.46. The first-order chi connectivity index (χ1) is 16.3. The Morgan fingerprint density at radius 2 is 1.79 bits per heavy atom. The Morgan fingerprint density at radius 1 is 1.03 bits per heavy atom. The number of hydrogen-bond acceptors (Lipinski definition) is 4. The number of nitrogens with zero attached hydrogens (tertiary/aromatic N) is 2. The highest BCUT2D eigenvalue weighted by Gasteiger charge is 2.44. The number of amides is 3. The Bertz CT molecular complexity index is 735. The van der Waals surface area contributed by atoms with E-state index in [0.29, 0.717) is 49.7 Å². The average Bonchev–Trinajstić information content (AvgIpc) is 2.82. The van der Waals surface area contributed by atoms with E-state index in [1.165, 1.54) is 0 Å². The van der Waals surface area contributed by atoms with Crippen molar-refractivity contribution >= 4 is 17.7 Å². The molecular formula is C27H45N3O4. The van der Waals surface area contributed by atoms with E-state index in [0.717, 1.165) is 64.6 Å². The van der Waals surface area contributed by atoms with Gasteiger partial charge in [-0.2, -0.15) is 0 Å². The molecule has 0 unspecified atom stereocenters. The fourth-order valence-electron chi connectivity index (χ4n) is 6.69. The predicted molar refractivity (Wildman–Crippen MR) is 131 cm³/mol. The quantitative estimate of drug-likeness (QED) is 0.665. The predicted octanol–water partition coefficient (Wildman–Crippen LogP) is 3.22. The number of likely N-dealkylation sites (tertiary alicyclic amines) is 1. The highest BCUT2D eigenvalue weighted by molar-refractivity contribution is 5.80. The van der Waals surface area contributed by atoms with Gasteiger partial charge in [-0.05, 0) is 68.6 Å². The zero-order valence-corrected chi connectivity index (χ0v) is 21.5. The number of carbonyl (C=O) groups excluding carboxylic acids is 3. The van der Waals surface area contributed by atoms with Crippen LogP contribution in [-0.2, 0) is 19.1 Å². The van der Waals surface area contributed by atoms with E-state index in [1.54, 1.807) is 0 Å². The van der Waals surface area contributed by atoms with Crippen LogP contribution >= 0.6 is 0 Å². The SMILES string of the molecule is CC(C)[C@@H]1CC[C@@H](C)CC(=O)N2C[C@H]3C[C@H](CN(C(=O)C4CCOCC4)C3)[C@@H]2CCCC(=O)N1. The van der Waals surface area contributed by atoms with E-state index in [1.807, 2.05) is 0 Å². The van der Waals surface area contributed by atoms with Crippen molar-refractivity contribution in [2.75, 3.05) is 32.8 Å². The Balaban J connectivity index is 1.47. The summed E-state index contributed by atoms with van der Waals surface area (Å²) in [4.78, 5) is 43.7. The molecule has 0 aromatic heterocycles. The lowest BCUT2D eigenvalue weighted by atomic mass is 9.76. The Morgan fingerprint density at radius 3 is 2.53 bits per heavy atom. The van der Waals surface area contributed by atoms with E-state index in [2.05, 4.69) is 35.9 Å². The standard InChI is InChI=1S/C27H45N3O4/c1-18(2)23-8-7-19(3)13-26(32)30-16-20-14-22(24(30)5-4-6-25(31)28-23)17-29(15-20)27(33)21-9-11-34-12-10-21/h18-24H,4-17H2,1-3H3,(H,28,31)/t19-,20+,22-,23+,24+/m1/s1. The second kappa shape index (κ2) is 11.4. The summed E-state index contributed by atoms with van der Waals surface area (Å²) in [5.41, 5.74) is 0. The minimum atomic E-state index is 0.0869.